The van der Waals surface area contributed by atoms with E-state index in [2.05, 4.69) is 5.32 Å². The van der Waals surface area contributed by atoms with Gasteiger partial charge in [-0.25, -0.2) is 4.79 Å². The van der Waals surface area contributed by atoms with Crippen LogP contribution < -0.4 is 5.32 Å². The molecule has 1 saturated heterocycles. The SMILES string of the molecule is O=C(O)c1coc(C(=O)Nc2ccccc2C(=O)N2CCCCC2)c1. The molecule has 7 heteroatoms. The summed E-state index contributed by atoms with van der Waals surface area (Å²) < 4.78 is 4.99. The van der Waals surface area contributed by atoms with Gasteiger partial charge in [0.25, 0.3) is 11.8 Å². The molecule has 2 heterocycles. The molecule has 2 aromatic rings. The average molecular weight is 342 g/mol. The third kappa shape index (κ3) is 3.71. The van der Waals surface area contributed by atoms with Crippen molar-refractivity contribution in [3.8, 4) is 0 Å². The van der Waals surface area contributed by atoms with Crippen molar-refractivity contribution in [2.24, 2.45) is 0 Å². The zero-order valence-electron chi connectivity index (χ0n) is 13.5. The smallest absolute Gasteiger partial charge is 0.338 e. The lowest BCUT2D eigenvalue weighted by Crippen LogP contribution is -2.36. The number of amides is 2. The van der Waals surface area contributed by atoms with Gasteiger partial charge in [0, 0.05) is 19.2 Å². The predicted molar refractivity (Wildman–Crippen MR) is 89.8 cm³/mol. The standard InChI is InChI=1S/C18H18N2O5/c21-16(15-10-12(11-25-15)18(23)24)19-14-7-3-2-6-13(14)17(22)20-8-4-1-5-9-20/h2-3,6-7,10-11H,1,4-5,8-9H2,(H,19,21)(H,23,24). The van der Waals surface area contributed by atoms with Crippen molar-refractivity contribution < 1.29 is 23.9 Å². The van der Waals surface area contributed by atoms with Crippen molar-refractivity contribution in [1.29, 1.82) is 0 Å². The Morgan fingerprint density at radius 1 is 1.08 bits per heavy atom. The first-order valence-electron chi connectivity index (χ1n) is 8.08. The number of piperidine rings is 1. The van der Waals surface area contributed by atoms with E-state index in [-0.39, 0.29) is 17.2 Å². The van der Waals surface area contributed by atoms with E-state index >= 15 is 0 Å². The van der Waals surface area contributed by atoms with Crippen LogP contribution in [0.15, 0.2) is 41.0 Å². The van der Waals surface area contributed by atoms with Crippen molar-refractivity contribution in [2.75, 3.05) is 18.4 Å². The normalized spacial score (nSPS) is 14.2. The Kier molecular flexibility index (Phi) is 4.83. The van der Waals surface area contributed by atoms with Crippen LogP contribution in [-0.4, -0.2) is 40.9 Å². The van der Waals surface area contributed by atoms with Crippen LogP contribution in [0.5, 0.6) is 0 Å². The van der Waals surface area contributed by atoms with E-state index in [0.29, 0.717) is 24.3 Å². The number of likely N-dealkylation sites (tertiary alicyclic amines) is 1. The first-order chi connectivity index (χ1) is 12.1. The number of hydrogen-bond donors (Lipinski definition) is 2. The molecule has 7 nitrogen and oxygen atoms in total. The van der Waals surface area contributed by atoms with Crippen LogP contribution in [0.3, 0.4) is 0 Å². The third-order valence-corrected chi connectivity index (χ3v) is 4.12. The largest absolute Gasteiger partial charge is 0.478 e. The van der Waals surface area contributed by atoms with Gasteiger partial charge in [0.15, 0.2) is 5.76 Å². The fraction of sp³-hybridized carbons (Fsp3) is 0.278. The Morgan fingerprint density at radius 3 is 2.48 bits per heavy atom. The molecule has 1 aromatic heterocycles. The number of furan rings is 1. The van der Waals surface area contributed by atoms with Crippen LogP contribution in [0.25, 0.3) is 0 Å². The maximum Gasteiger partial charge on any atom is 0.338 e. The molecule has 2 N–H and O–H groups in total. The second kappa shape index (κ2) is 7.21. The highest BCUT2D eigenvalue weighted by molar-refractivity contribution is 6.08. The highest BCUT2D eigenvalue weighted by atomic mass is 16.4. The van der Waals surface area contributed by atoms with Crippen LogP contribution in [-0.2, 0) is 0 Å². The maximum absolute atomic E-state index is 12.7. The molecule has 2 amide bonds. The number of para-hydroxylation sites is 1. The first kappa shape index (κ1) is 16.8. The zero-order valence-corrected chi connectivity index (χ0v) is 13.5. The molecule has 25 heavy (non-hydrogen) atoms. The summed E-state index contributed by atoms with van der Waals surface area (Å²) in [5, 5.41) is 11.5. The molecule has 0 spiro atoms. The van der Waals surface area contributed by atoms with Crippen molar-refractivity contribution >= 4 is 23.5 Å². The number of anilines is 1. The van der Waals surface area contributed by atoms with Gasteiger partial charge in [-0.2, -0.15) is 0 Å². The Hall–Kier alpha value is -3.09. The van der Waals surface area contributed by atoms with Crippen molar-refractivity contribution in [3.05, 3.63) is 53.5 Å². The maximum atomic E-state index is 12.7. The average Bonchev–Trinajstić information content (AvgIpc) is 3.13. The molecular formula is C18H18N2O5. The number of carbonyl (C=O) groups excluding carboxylic acids is 2. The quantitative estimate of drug-likeness (QED) is 0.890. The summed E-state index contributed by atoms with van der Waals surface area (Å²) in [4.78, 5) is 37.6. The van der Waals surface area contributed by atoms with E-state index in [1.54, 1.807) is 29.2 Å². The Balaban J connectivity index is 1.79. The molecule has 1 aliphatic heterocycles. The lowest BCUT2D eigenvalue weighted by atomic mass is 10.1. The van der Waals surface area contributed by atoms with Gasteiger partial charge in [0.2, 0.25) is 0 Å². The second-order valence-electron chi connectivity index (χ2n) is 5.86. The van der Waals surface area contributed by atoms with Gasteiger partial charge in [-0.1, -0.05) is 12.1 Å². The van der Waals surface area contributed by atoms with E-state index in [0.717, 1.165) is 31.6 Å². The van der Waals surface area contributed by atoms with E-state index in [1.807, 2.05) is 0 Å². The van der Waals surface area contributed by atoms with Crippen LogP contribution in [0, 0.1) is 0 Å². The summed E-state index contributed by atoms with van der Waals surface area (Å²) >= 11 is 0. The molecular weight excluding hydrogens is 324 g/mol. The molecule has 3 rings (SSSR count). The Bertz CT molecular complexity index is 805. The number of carboxylic acids is 1. The lowest BCUT2D eigenvalue weighted by molar-refractivity contribution is 0.0693. The second-order valence-corrected chi connectivity index (χ2v) is 5.86. The topological polar surface area (TPSA) is 99.8 Å². The summed E-state index contributed by atoms with van der Waals surface area (Å²) in [5.41, 5.74) is 0.668. The number of benzene rings is 1. The van der Waals surface area contributed by atoms with E-state index in [1.165, 1.54) is 0 Å². The van der Waals surface area contributed by atoms with Gasteiger partial charge in [-0.05, 0) is 31.4 Å². The van der Waals surface area contributed by atoms with Gasteiger partial charge in [-0.15, -0.1) is 0 Å². The van der Waals surface area contributed by atoms with Crippen molar-refractivity contribution in [3.63, 3.8) is 0 Å². The van der Waals surface area contributed by atoms with Crippen LogP contribution in [0.2, 0.25) is 0 Å². The lowest BCUT2D eigenvalue weighted by Gasteiger charge is -2.27. The monoisotopic (exact) mass is 342 g/mol. The molecule has 0 saturated carbocycles. The summed E-state index contributed by atoms with van der Waals surface area (Å²) in [5.74, 6) is -2.03. The van der Waals surface area contributed by atoms with Gasteiger partial charge in [0.05, 0.1) is 16.8 Å². The van der Waals surface area contributed by atoms with Gasteiger partial charge in [0.1, 0.15) is 6.26 Å². The fourth-order valence-electron chi connectivity index (χ4n) is 2.80. The van der Waals surface area contributed by atoms with E-state index in [4.69, 9.17) is 9.52 Å². The number of carbonyl (C=O) groups is 3. The predicted octanol–water partition coefficient (Wildman–Crippen LogP) is 2.86. The minimum Gasteiger partial charge on any atom is -0.478 e. The summed E-state index contributed by atoms with van der Waals surface area (Å²) in [6.45, 7) is 1.42. The van der Waals surface area contributed by atoms with E-state index in [9.17, 15) is 14.4 Å². The summed E-state index contributed by atoms with van der Waals surface area (Å²) in [6.07, 6.45) is 4.07. The van der Waals surface area contributed by atoms with Crippen LogP contribution in [0.4, 0.5) is 5.69 Å². The van der Waals surface area contributed by atoms with E-state index < -0.39 is 11.9 Å². The van der Waals surface area contributed by atoms with Crippen molar-refractivity contribution in [1.82, 2.24) is 4.90 Å². The molecule has 0 aliphatic carbocycles. The number of nitrogens with zero attached hydrogens (tertiary/aromatic N) is 1. The van der Waals surface area contributed by atoms with Gasteiger partial charge in [-0.3, -0.25) is 9.59 Å². The number of aromatic carboxylic acids is 1. The number of nitrogens with one attached hydrogen (secondary N) is 1. The van der Waals surface area contributed by atoms with Crippen LogP contribution >= 0.6 is 0 Å². The number of hydrogen-bond acceptors (Lipinski definition) is 4. The number of carboxylic acid groups (broad SMARTS) is 1. The van der Waals surface area contributed by atoms with Gasteiger partial charge >= 0.3 is 5.97 Å². The molecule has 1 aromatic carbocycles. The Morgan fingerprint density at radius 2 is 1.80 bits per heavy atom. The highest BCUT2D eigenvalue weighted by Crippen LogP contribution is 2.21. The third-order valence-electron chi connectivity index (χ3n) is 4.12. The molecule has 130 valence electrons. The Labute approximate surface area is 144 Å². The minimum atomic E-state index is -1.18. The molecule has 0 atom stereocenters. The first-order valence-corrected chi connectivity index (χ1v) is 8.08. The van der Waals surface area contributed by atoms with Gasteiger partial charge < -0.3 is 19.7 Å². The summed E-state index contributed by atoms with van der Waals surface area (Å²) in [7, 11) is 0. The summed E-state index contributed by atoms with van der Waals surface area (Å²) in [6, 6.07) is 7.90. The molecule has 0 radical (unpaired) electrons. The minimum absolute atomic E-state index is 0.108. The van der Waals surface area contributed by atoms with Crippen molar-refractivity contribution in [2.45, 2.75) is 19.3 Å². The fourth-order valence-corrected chi connectivity index (χ4v) is 2.80. The molecule has 1 fully saturated rings. The molecule has 0 bridgehead atoms. The zero-order chi connectivity index (χ0) is 17.8. The van der Waals surface area contributed by atoms with Crippen LogP contribution in [0.1, 0.15) is 50.5 Å². The highest BCUT2D eigenvalue weighted by Gasteiger charge is 2.22. The molecule has 0 unspecified atom stereocenters. The molecule has 1 aliphatic rings. The number of rotatable bonds is 4.